The molecule has 1 aromatic heterocycles. The topological polar surface area (TPSA) is 87.2 Å². The summed E-state index contributed by atoms with van der Waals surface area (Å²) in [4.78, 5) is 12.6. The minimum Gasteiger partial charge on any atom is -0.396 e. The maximum atomic E-state index is 12.6. The van der Waals surface area contributed by atoms with Crippen molar-refractivity contribution in [2.24, 2.45) is 5.41 Å². The van der Waals surface area contributed by atoms with Crippen LogP contribution in [0.15, 0.2) is 30.5 Å². The number of carbonyl (C=O) groups excluding carboxylic acids is 1. The number of carbonyl (C=O) groups is 1. The number of ether oxygens (including phenoxy) is 1. The van der Waals surface area contributed by atoms with E-state index in [1.165, 1.54) is 6.20 Å². The Kier molecular flexibility index (Phi) is 5.18. The van der Waals surface area contributed by atoms with E-state index in [0.29, 0.717) is 42.5 Å². The Morgan fingerprint density at radius 1 is 1.50 bits per heavy atom. The molecule has 1 fully saturated rings. The van der Waals surface area contributed by atoms with E-state index in [4.69, 9.17) is 16.3 Å². The molecule has 1 unspecified atom stereocenters. The highest BCUT2D eigenvalue weighted by atomic mass is 35.5. The Balaban J connectivity index is 1.73. The number of nitrogens with one attached hydrogen (secondary N) is 2. The molecule has 1 atom stereocenters. The summed E-state index contributed by atoms with van der Waals surface area (Å²) in [6, 6.07) is 7.25. The van der Waals surface area contributed by atoms with Crippen molar-refractivity contribution in [1.82, 2.24) is 15.5 Å². The van der Waals surface area contributed by atoms with E-state index in [1.54, 1.807) is 12.1 Å². The second-order valence-corrected chi connectivity index (χ2v) is 6.56. The normalized spacial score (nSPS) is 20.2. The molecule has 128 valence electrons. The Labute approximate surface area is 145 Å². The van der Waals surface area contributed by atoms with Crippen LogP contribution in [-0.2, 0) is 4.74 Å². The molecule has 24 heavy (non-hydrogen) atoms. The first-order chi connectivity index (χ1) is 11.6. The molecule has 0 aliphatic carbocycles. The van der Waals surface area contributed by atoms with Gasteiger partial charge in [-0.15, -0.1) is 0 Å². The Morgan fingerprint density at radius 2 is 2.38 bits per heavy atom. The third kappa shape index (κ3) is 3.61. The van der Waals surface area contributed by atoms with Crippen molar-refractivity contribution in [1.29, 1.82) is 0 Å². The zero-order valence-corrected chi connectivity index (χ0v) is 14.0. The average Bonchev–Trinajstić information content (AvgIpc) is 3.23. The molecule has 7 heteroatoms. The lowest BCUT2D eigenvalue weighted by molar-refractivity contribution is 0.0890. The number of rotatable bonds is 6. The second kappa shape index (κ2) is 7.34. The van der Waals surface area contributed by atoms with Crippen molar-refractivity contribution in [2.75, 3.05) is 26.4 Å². The average molecular weight is 350 g/mol. The lowest BCUT2D eigenvalue weighted by Gasteiger charge is -2.26. The Hall–Kier alpha value is -1.89. The first-order valence-electron chi connectivity index (χ1n) is 7.90. The predicted octanol–water partition coefficient (Wildman–Crippen LogP) is 2.25. The molecule has 1 aromatic carbocycles. The van der Waals surface area contributed by atoms with Gasteiger partial charge in [-0.3, -0.25) is 9.89 Å². The van der Waals surface area contributed by atoms with Crippen LogP contribution in [0.4, 0.5) is 0 Å². The number of aromatic nitrogens is 2. The van der Waals surface area contributed by atoms with E-state index in [1.807, 2.05) is 12.1 Å². The minimum atomic E-state index is -0.206. The van der Waals surface area contributed by atoms with Gasteiger partial charge in [-0.1, -0.05) is 23.7 Å². The van der Waals surface area contributed by atoms with Crippen LogP contribution >= 0.6 is 11.6 Å². The molecule has 1 amide bonds. The van der Waals surface area contributed by atoms with Gasteiger partial charge >= 0.3 is 0 Å². The van der Waals surface area contributed by atoms with Crippen molar-refractivity contribution < 1.29 is 14.6 Å². The van der Waals surface area contributed by atoms with Crippen molar-refractivity contribution in [3.05, 3.63) is 41.0 Å². The van der Waals surface area contributed by atoms with Gasteiger partial charge in [0.05, 0.1) is 24.1 Å². The molecule has 0 radical (unpaired) electrons. The van der Waals surface area contributed by atoms with E-state index in [-0.39, 0.29) is 17.9 Å². The monoisotopic (exact) mass is 349 g/mol. The highest BCUT2D eigenvalue weighted by Gasteiger charge is 2.35. The molecule has 3 N–H and O–H groups in total. The molecule has 0 spiro atoms. The third-order valence-electron chi connectivity index (χ3n) is 4.45. The second-order valence-electron chi connectivity index (χ2n) is 6.13. The van der Waals surface area contributed by atoms with Gasteiger partial charge in [0.1, 0.15) is 0 Å². The number of H-pyrrole nitrogens is 1. The van der Waals surface area contributed by atoms with E-state index in [2.05, 4.69) is 15.5 Å². The first kappa shape index (κ1) is 17.0. The van der Waals surface area contributed by atoms with E-state index >= 15 is 0 Å². The largest absolute Gasteiger partial charge is 0.396 e. The van der Waals surface area contributed by atoms with Crippen molar-refractivity contribution in [3.63, 3.8) is 0 Å². The van der Waals surface area contributed by atoms with Gasteiger partial charge in [0.15, 0.2) is 0 Å². The van der Waals surface area contributed by atoms with Crippen LogP contribution in [0.5, 0.6) is 0 Å². The molecule has 3 rings (SSSR count). The number of benzene rings is 1. The standard InChI is InChI=1S/C17H20ClN3O3/c18-13-3-1-2-12(8-13)15-14(9-20-21-15)16(23)19-10-17(4-6-22)5-7-24-11-17/h1-3,8-9,22H,4-7,10-11H2,(H,19,23)(H,20,21). The molecule has 1 saturated heterocycles. The summed E-state index contributed by atoms with van der Waals surface area (Å²) in [6.07, 6.45) is 2.95. The van der Waals surface area contributed by atoms with Crippen LogP contribution < -0.4 is 5.32 Å². The minimum absolute atomic E-state index is 0.0820. The molecule has 1 aliphatic heterocycles. The lowest BCUT2D eigenvalue weighted by atomic mass is 9.84. The van der Waals surface area contributed by atoms with Gasteiger partial charge in [-0.25, -0.2) is 0 Å². The van der Waals surface area contributed by atoms with E-state index < -0.39 is 0 Å². The predicted molar refractivity (Wildman–Crippen MR) is 90.9 cm³/mol. The number of amides is 1. The summed E-state index contributed by atoms with van der Waals surface area (Å²) in [6.45, 7) is 1.76. The molecule has 2 aromatic rings. The zero-order chi connectivity index (χ0) is 17.0. The SMILES string of the molecule is O=C(NCC1(CCO)CCOC1)c1cn[nH]c1-c1cccc(Cl)c1. The number of hydrogen-bond acceptors (Lipinski definition) is 4. The number of aromatic amines is 1. The fraction of sp³-hybridized carbons (Fsp3) is 0.412. The van der Waals surface area contributed by atoms with Gasteiger partial charge < -0.3 is 15.2 Å². The maximum Gasteiger partial charge on any atom is 0.255 e. The van der Waals surface area contributed by atoms with Gasteiger partial charge in [-0.2, -0.15) is 5.10 Å². The van der Waals surface area contributed by atoms with Crippen LogP contribution in [0.2, 0.25) is 5.02 Å². The summed E-state index contributed by atoms with van der Waals surface area (Å²) in [5, 5.41) is 19.7. The fourth-order valence-corrected chi connectivity index (χ4v) is 3.19. The molecule has 6 nitrogen and oxygen atoms in total. The third-order valence-corrected chi connectivity index (χ3v) is 4.68. The number of nitrogens with zero attached hydrogens (tertiary/aromatic N) is 1. The van der Waals surface area contributed by atoms with Crippen LogP contribution in [0.25, 0.3) is 11.3 Å². The highest BCUT2D eigenvalue weighted by Crippen LogP contribution is 2.31. The summed E-state index contributed by atoms with van der Waals surface area (Å²) >= 11 is 6.02. The zero-order valence-electron chi connectivity index (χ0n) is 13.2. The van der Waals surface area contributed by atoms with Gasteiger partial charge in [0, 0.05) is 35.8 Å². The molecule has 0 bridgehead atoms. The van der Waals surface area contributed by atoms with Crippen molar-refractivity contribution >= 4 is 17.5 Å². The van der Waals surface area contributed by atoms with E-state index in [0.717, 1.165) is 12.0 Å². The number of hydrogen-bond donors (Lipinski definition) is 3. The molecular formula is C17H20ClN3O3. The fourth-order valence-electron chi connectivity index (χ4n) is 3.00. The van der Waals surface area contributed by atoms with Gasteiger partial charge in [0.2, 0.25) is 0 Å². The quantitative estimate of drug-likeness (QED) is 0.746. The summed E-state index contributed by atoms with van der Waals surface area (Å²) < 4.78 is 5.45. The summed E-state index contributed by atoms with van der Waals surface area (Å²) in [5.41, 5.74) is 1.72. The van der Waals surface area contributed by atoms with Crippen molar-refractivity contribution in [2.45, 2.75) is 12.8 Å². The Bertz CT molecular complexity index is 711. The van der Waals surface area contributed by atoms with Crippen LogP contribution in [0, 0.1) is 5.41 Å². The number of aliphatic hydroxyl groups excluding tert-OH is 1. The lowest BCUT2D eigenvalue weighted by Crippen LogP contribution is -2.38. The van der Waals surface area contributed by atoms with Gasteiger partial charge in [-0.05, 0) is 25.0 Å². The number of aliphatic hydroxyl groups is 1. The van der Waals surface area contributed by atoms with Crippen molar-refractivity contribution in [3.8, 4) is 11.3 Å². The van der Waals surface area contributed by atoms with Crippen LogP contribution in [-0.4, -0.2) is 47.6 Å². The number of halogens is 1. The smallest absolute Gasteiger partial charge is 0.255 e. The highest BCUT2D eigenvalue weighted by molar-refractivity contribution is 6.30. The molecule has 1 aliphatic rings. The molecular weight excluding hydrogens is 330 g/mol. The summed E-state index contributed by atoms with van der Waals surface area (Å²) in [5.74, 6) is -0.206. The molecule has 0 saturated carbocycles. The Morgan fingerprint density at radius 3 is 3.08 bits per heavy atom. The maximum absolute atomic E-state index is 12.6. The summed E-state index contributed by atoms with van der Waals surface area (Å²) in [7, 11) is 0. The van der Waals surface area contributed by atoms with Gasteiger partial charge in [0.25, 0.3) is 5.91 Å². The first-order valence-corrected chi connectivity index (χ1v) is 8.27. The van der Waals surface area contributed by atoms with Crippen LogP contribution in [0.3, 0.4) is 0 Å². The molecule has 2 heterocycles. The van der Waals surface area contributed by atoms with E-state index in [9.17, 15) is 9.90 Å². The van der Waals surface area contributed by atoms with Crippen LogP contribution in [0.1, 0.15) is 23.2 Å².